The van der Waals surface area contributed by atoms with Crippen LogP contribution in [-0.2, 0) is 0 Å². The van der Waals surface area contributed by atoms with Crippen LogP contribution in [0.1, 0.15) is 6.92 Å². The van der Waals surface area contributed by atoms with Gasteiger partial charge in [-0.3, -0.25) is 0 Å². The van der Waals surface area contributed by atoms with Crippen LogP contribution in [0.3, 0.4) is 0 Å². The molecule has 1 rings (SSSR count). The molecule has 3 nitrogen and oxygen atoms in total. The van der Waals surface area contributed by atoms with E-state index in [2.05, 4.69) is 6.07 Å². The van der Waals surface area contributed by atoms with Crippen molar-refractivity contribution in [3.05, 3.63) is 22.2 Å². The summed E-state index contributed by atoms with van der Waals surface area (Å²) >= 11 is 12.1. The Bertz CT molecular complexity index is 429. The molecule has 0 aromatic heterocycles. The maximum absolute atomic E-state index is 8.84. The monoisotopic (exact) mass is 258 g/mol. The van der Waals surface area contributed by atoms with Gasteiger partial charge in [-0.05, 0) is 13.0 Å². The first-order chi connectivity index (χ1) is 7.51. The summed E-state index contributed by atoms with van der Waals surface area (Å²) in [5, 5.41) is 9.81. The lowest BCUT2D eigenvalue weighted by Gasteiger charge is -2.23. The van der Waals surface area contributed by atoms with E-state index < -0.39 is 0 Å². The van der Waals surface area contributed by atoms with Crippen LogP contribution in [0.2, 0.25) is 10.0 Å². The SMILES string of the molecule is COc1cc(Cl)c(N(C)C(C)C#N)cc1Cl. The molecule has 0 amide bonds. The Labute approximate surface area is 105 Å². The summed E-state index contributed by atoms with van der Waals surface area (Å²) in [5.41, 5.74) is 0.710. The van der Waals surface area contributed by atoms with E-state index in [1.807, 2.05) is 0 Å². The van der Waals surface area contributed by atoms with Crippen LogP contribution >= 0.6 is 23.2 Å². The molecule has 0 aliphatic heterocycles. The van der Waals surface area contributed by atoms with Gasteiger partial charge in [-0.25, -0.2) is 0 Å². The van der Waals surface area contributed by atoms with Crippen LogP contribution in [0.5, 0.6) is 5.75 Å². The highest BCUT2D eigenvalue weighted by Crippen LogP contribution is 2.36. The van der Waals surface area contributed by atoms with E-state index in [4.69, 9.17) is 33.2 Å². The molecule has 0 bridgehead atoms. The van der Waals surface area contributed by atoms with Crippen molar-refractivity contribution in [2.75, 3.05) is 19.1 Å². The quantitative estimate of drug-likeness (QED) is 0.835. The summed E-state index contributed by atoms with van der Waals surface area (Å²) in [6.07, 6.45) is 0. The lowest BCUT2D eigenvalue weighted by atomic mass is 10.2. The number of nitriles is 1. The second-order valence-corrected chi connectivity index (χ2v) is 4.17. The van der Waals surface area contributed by atoms with Crippen LogP contribution in [0.25, 0.3) is 0 Å². The summed E-state index contributed by atoms with van der Waals surface area (Å²) in [6, 6.07) is 5.19. The van der Waals surface area contributed by atoms with E-state index in [-0.39, 0.29) is 6.04 Å². The third kappa shape index (κ3) is 2.52. The minimum Gasteiger partial charge on any atom is -0.495 e. The maximum Gasteiger partial charge on any atom is 0.139 e. The van der Waals surface area contributed by atoms with Crippen LogP contribution in [0.15, 0.2) is 12.1 Å². The Balaban J connectivity index is 3.16. The van der Waals surface area contributed by atoms with Gasteiger partial charge < -0.3 is 9.64 Å². The minimum absolute atomic E-state index is 0.276. The number of rotatable bonds is 3. The van der Waals surface area contributed by atoms with Crippen LogP contribution in [0, 0.1) is 11.3 Å². The molecular weight excluding hydrogens is 247 g/mol. The molecule has 0 saturated heterocycles. The summed E-state index contributed by atoms with van der Waals surface area (Å²) in [5.74, 6) is 0.522. The van der Waals surface area contributed by atoms with Gasteiger partial charge in [0.1, 0.15) is 11.8 Å². The molecule has 0 heterocycles. The Morgan fingerprint density at radius 2 is 2.00 bits per heavy atom. The lowest BCUT2D eigenvalue weighted by Crippen LogP contribution is -2.27. The zero-order valence-corrected chi connectivity index (χ0v) is 10.8. The first-order valence-electron chi connectivity index (χ1n) is 4.66. The van der Waals surface area contributed by atoms with Crippen LogP contribution in [-0.4, -0.2) is 20.2 Å². The third-order valence-electron chi connectivity index (χ3n) is 2.37. The van der Waals surface area contributed by atoms with Gasteiger partial charge in [0.15, 0.2) is 0 Å². The van der Waals surface area contributed by atoms with E-state index in [1.165, 1.54) is 7.11 Å². The van der Waals surface area contributed by atoms with Gasteiger partial charge in [0, 0.05) is 13.1 Å². The number of methoxy groups -OCH3 is 1. The second-order valence-electron chi connectivity index (χ2n) is 3.35. The predicted molar refractivity (Wildman–Crippen MR) is 66.5 cm³/mol. The van der Waals surface area contributed by atoms with E-state index in [9.17, 15) is 0 Å². The number of anilines is 1. The number of ether oxygens (including phenoxy) is 1. The topological polar surface area (TPSA) is 36.3 Å². The van der Waals surface area contributed by atoms with Crippen molar-refractivity contribution in [1.29, 1.82) is 5.26 Å². The molecule has 0 aliphatic carbocycles. The second kappa shape index (κ2) is 5.29. The summed E-state index contributed by atoms with van der Waals surface area (Å²) in [6.45, 7) is 1.79. The summed E-state index contributed by atoms with van der Waals surface area (Å²) in [4.78, 5) is 1.76. The molecule has 16 heavy (non-hydrogen) atoms. The zero-order chi connectivity index (χ0) is 12.3. The van der Waals surface area contributed by atoms with E-state index in [0.29, 0.717) is 21.5 Å². The molecule has 0 saturated carbocycles. The fourth-order valence-electron chi connectivity index (χ4n) is 1.24. The van der Waals surface area contributed by atoms with Crippen molar-refractivity contribution in [2.45, 2.75) is 13.0 Å². The Hall–Kier alpha value is -1.11. The zero-order valence-electron chi connectivity index (χ0n) is 9.29. The molecule has 1 atom stereocenters. The fraction of sp³-hybridized carbons (Fsp3) is 0.364. The average molecular weight is 259 g/mol. The van der Waals surface area contributed by atoms with Crippen molar-refractivity contribution in [3.8, 4) is 11.8 Å². The molecule has 0 radical (unpaired) electrons. The van der Waals surface area contributed by atoms with Gasteiger partial charge in [0.05, 0.1) is 28.9 Å². The predicted octanol–water partition coefficient (Wildman–Crippen LogP) is 3.35. The van der Waals surface area contributed by atoms with Crippen LogP contribution < -0.4 is 9.64 Å². The number of halogens is 2. The lowest BCUT2D eigenvalue weighted by molar-refractivity contribution is 0.415. The van der Waals surface area contributed by atoms with Gasteiger partial charge in [0.25, 0.3) is 0 Å². The Morgan fingerprint density at radius 3 is 2.50 bits per heavy atom. The van der Waals surface area contributed by atoms with E-state index in [0.717, 1.165) is 0 Å². The molecule has 86 valence electrons. The van der Waals surface area contributed by atoms with E-state index >= 15 is 0 Å². The molecule has 5 heteroatoms. The molecule has 0 N–H and O–H groups in total. The minimum atomic E-state index is -0.276. The van der Waals surface area contributed by atoms with Gasteiger partial charge in [-0.2, -0.15) is 5.26 Å². The molecule has 1 aromatic rings. The number of hydrogen-bond donors (Lipinski definition) is 0. The standard InChI is InChI=1S/C11H12Cl2N2O/c1-7(6-14)15(2)10-4-9(13)11(16-3)5-8(10)12/h4-5,7H,1-3H3. The highest BCUT2D eigenvalue weighted by molar-refractivity contribution is 6.36. The molecular formula is C11H12Cl2N2O. The van der Waals surface area contributed by atoms with Crippen molar-refractivity contribution in [1.82, 2.24) is 0 Å². The fourth-order valence-corrected chi connectivity index (χ4v) is 1.76. The van der Waals surface area contributed by atoms with Crippen LogP contribution in [0.4, 0.5) is 5.69 Å². The molecule has 0 fully saturated rings. The van der Waals surface area contributed by atoms with Gasteiger partial charge >= 0.3 is 0 Å². The number of nitrogens with zero attached hydrogens (tertiary/aromatic N) is 2. The largest absolute Gasteiger partial charge is 0.495 e. The summed E-state index contributed by atoms with van der Waals surface area (Å²) in [7, 11) is 3.32. The van der Waals surface area contributed by atoms with Crippen molar-refractivity contribution < 1.29 is 4.74 Å². The Morgan fingerprint density at radius 1 is 1.38 bits per heavy atom. The van der Waals surface area contributed by atoms with Gasteiger partial charge in [0.2, 0.25) is 0 Å². The first-order valence-corrected chi connectivity index (χ1v) is 5.42. The molecule has 0 aliphatic rings. The first kappa shape index (κ1) is 13.0. The highest BCUT2D eigenvalue weighted by atomic mass is 35.5. The van der Waals surface area contributed by atoms with Gasteiger partial charge in [-0.1, -0.05) is 23.2 Å². The number of benzene rings is 1. The van der Waals surface area contributed by atoms with Crippen molar-refractivity contribution >= 4 is 28.9 Å². The van der Waals surface area contributed by atoms with Crippen molar-refractivity contribution in [2.24, 2.45) is 0 Å². The highest BCUT2D eigenvalue weighted by Gasteiger charge is 2.15. The van der Waals surface area contributed by atoms with Gasteiger partial charge in [-0.15, -0.1) is 0 Å². The van der Waals surface area contributed by atoms with E-state index in [1.54, 1.807) is 31.0 Å². The Kier molecular flexibility index (Phi) is 4.28. The molecule has 1 unspecified atom stereocenters. The average Bonchev–Trinajstić information content (AvgIpc) is 2.29. The number of hydrogen-bond acceptors (Lipinski definition) is 3. The maximum atomic E-state index is 8.84. The third-order valence-corrected chi connectivity index (χ3v) is 2.97. The smallest absolute Gasteiger partial charge is 0.139 e. The summed E-state index contributed by atoms with van der Waals surface area (Å²) < 4.78 is 5.05. The normalized spacial score (nSPS) is 11.8. The molecule has 0 spiro atoms. The van der Waals surface area contributed by atoms with Crippen molar-refractivity contribution in [3.63, 3.8) is 0 Å². The molecule has 1 aromatic carbocycles.